The lowest BCUT2D eigenvalue weighted by Crippen LogP contribution is -2.40. The Hall–Kier alpha value is -3.13. The summed E-state index contributed by atoms with van der Waals surface area (Å²) in [5.74, 6) is 1.02. The van der Waals surface area contributed by atoms with Crippen molar-refractivity contribution in [3.05, 3.63) is 76.6 Å². The van der Waals surface area contributed by atoms with E-state index in [1.54, 1.807) is 12.1 Å². The number of fused-ring (bicyclic) bond motifs is 1. The van der Waals surface area contributed by atoms with E-state index in [1.165, 1.54) is 24.4 Å². The largest absolute Gasteiger partial charge is 0.486 e. The van der Waals surface area contributed by atoms with Crippen LogP contribution in [0.3, 0.4) is 0 Å². The van der Waals surface area contributed by atoms with E-state index in [0.29, 0.717) is 28.3 Å². The third-order valence-electron chi connectivity index (χ3n) is 4.17. The zero-order valence-electron chi connectivity index (χ0n) is 15.1. The number of nitrogens with zero attached hydrogens (tertiary/aromatic N) is 1. The summed E-state index contributed by atoms with van der Waals surface area (Å²) in [6.45, 7) is 0.581. The highest BCUT2D eigenvalue weighted by atomic mass is 79.9. The minimum Gasteiger partial charge on any atom is -0.486 e. The Morgan fingerprint density at radius 1 is 1.21 bits per heavy atom. The van der Waals surface area contributed by atoms with Crippen molar-refractivity contribution in [2.24, 2.45) is 0 Å². The molecular weight excluding hydrogens is 443 g/mol. The first kappa shape index (κ1) is 19.2. The van der Waals surface area contributed by atoms with Gasteiger partial charge in [-0.05, 0) is 58.4 Å². The molecule has 0 spiro atoms. The van der Waals surface area contributed by atoms with E-state index < -0.39 is 5.82 Å². The average molecular weight is 459 g/mol. The van der Waals surface area contributed by atoms with Crippen LogP contribution in [0, 0.1) is 5.82 Å². The second kappa shape index (κ2) is 8.48. The van der Waals surface area contributed by atoms with E-state index in [4.69, 9.17) is 14.2 Å². The molecule has 0 radical (unpaired) electrons. The Morgan fingerprint density at radius 3 is 2.86 bits per heavy atom. The van der Waals surface area contributed by atoms with Gasteiger partial charge in [0.25, 0.3) is 5.91 Å². The zero-order chi connectivity index (χ0) is 20.2. The maximum Gasteiger partial charge on any atom is 0.256 e. The number of hydrogen-bond donors (Lipinski definition) is 1. The second-order valence-electron chi connectivity index (χ2n) is 6.24. The molecule has 0 bridgehead atoms. The molecule has 1 unspecified atom stereocenters. The number of pyridine rings is 1. The van der Waals surface area contributed by atoms with Crippen molar-refractivity contribution in [2.75, 3.05) is 13.2 Å². The van der Waals surface area contributed by atoms with Crippen molar-refractivity contribution in [1.82, 2.24) is 10.3 Å². The molecule has 1 aromatic heterocycles. The van der Waals surface area contributed by atoms with Gasteiger partial charge >= 0.3 is 0 Å². The van der Waals surface area contributed by atoms with Gasteiger partial charge < -0.3 is 19.5 Å². The Labute approximate surface area is 174 Å². The number of hydrogen-bond acceptors (Lipinski definition) is 5. The Kier molecular flexibility index (Phi) is 5.62. The molecule has 6 nitrogen and oxygen atoms in total. The summed E-state index contributed by atoms with van der Waals surface area (Å²) >= 11 is 3.24. The number of amides is 1. The predicted molar refractivity (Wildman–Crippen MR) is 107 cm³/mol. The van der Waals surface area contributed by atoms with Crippen LogP contribution in [0.5, 0.6) is 23.1 Å². The summed E-state index contributed by atoms with van der Waals surface area (Å²) in [4.78, 5) is 16.8. The molecule has 1 aliphatic heterocycles. The molecule has 0 fully saturated rings. The molecule has 0 saturated carbocycles. The molecule has 29 heavy (non-hydrogen) atoms. The lowest BCUT2D eigenvalue weighted by molar-refractivity contribution is 0.0787. The molecule has 8 heteroatoms. The van der Waals surface area contributed by atoms with Gasteiger partial charge in [-0.2, -0.15) is 0 Å². The minimum absolute atomic E-state index is 0.114. The van der Waals surface area contributed by atoms with Crippen LogP contribution in [0.1, 0.15) is 10.4 Å². The molecule has 148 valence electrons. The lowest BCUT2D eigenvalue weighted by atomic mass is 10.2. The molecule has 0 saturated heterocycles. The number of carbonyl (C=O) groups is 1. The van der Waals surface area contributed by atoms with Crippen molar-refractivity contribution >= 4 is 21.8 Å². The Bertz CT molecular complexity index is 1050. The number of nitrogens with one attached hydrogen (secondary N) is 1. The van der Waals surface area contributed by atoms with Gasteiger partial charge in [0.2, 0.25) is 5.88 Å². The molecule has 2 aromatic carbocycles. The van der Waals surface area contributed by atoms with Crippen molar-refractivity contribution in [3.8, 4) is 23.1 Å². The lowest BCUT2D eigenvalue weighted by Gasteiger charge is -2.26. The van der Waals surface area contributed by atoms with Gasteiger partial charge in [-0.25, -0.2) is 9.37 Å². The van der Waals surface area contributed by atoms with E-state index in [2.05, 4.69) is 26.2 Å². The highest BCUT2D eigenvalue weighted by Crippen LogP contribution is 2.32. The van der Waals surface area contributed by atoms with Crippen molar-refractivity contribution in [2.45, 2.75) is 6.10 Å². The SMILES string of the molecule is O=C(NCC1COc2ccccc2O1)c1cccnc1Oc1ccc(F)cc1Br. The van der Waals surface area contributed by atoms with Gasteiger partial charge in [0.15, 0.2) is 11.5 Å². The monoisotopic (exact) mass is 458 g/mol. The summed E-state index contributed by atoms with van der Waals surface area (Å²) in [6.07, 6.45) is 1.19. The fourth-order valence-corrected chi connectivity index (χ4v) is 3.20. The van der Waals surface area contributed by atoms with Gasteiger partial charge in [0.1, 0.15) is 29.8 Å². The van der Waals surface area contributed by atoms with Crippen LogP contribution in [0.2, 0.25) is 0 Å². The standard InChI is InChI=1S/C21H16BrFN2O4/c22-16-10-13(23)7-8-17(16)29-21-15(4-3-9-24-21)20(26)25-11-14-12-27-18-5-1-2-6-19(18)28-14/h1-10,14H,11-12H2,(H,25,26). The number of aromatic nitrogens is 1. The normalized spacial score (nSPS) is 14.9. The second-order valence-corrected chi connectivity index (χ2v) is 7.09. The van der Waals surface area contributed by atoms with E-state index in [0.717, 1.165) is 0 Å². The van der Waals surface area contributed by atoms with Crippen molar-refractivity contribution < 1.29 is 23.4 Å². The molecule has 0 aliphatic carbocycles. The molecule has 1 N–H and O–H groups in total. The molecule has 3 aromatic rings. The molecule has 2 heterocycles. The Balaban J connectivity index is 1.43. The van der Waals surface area contributed by atoms with Crippen LogP contribution in [0.25, 0.3) is 0 Å². The average Bonchev–Trinajstić information content (AvgIpc) is 2.74. The highest BCUT2D eigenvalue weighted by Gasteiger charge is 2.22. The summed E-state index contributed by atoms with van der Waals surface area (Å²) in [7, 11) is 0. The van der Waals surface area contributed by atoms with Gasteiger partial charge in [-0.3, -0.25) is 4.79 Å². The fourth-order valence-electron chi connectivity index (χ4n) is 2.77. The number of carbonyl (C=O) groups excluding carboxylic acids is 1. The van der Waals surface area contributed by atoms with Gasteiger partial charge in [0, 0.05) is 6.20 Å². The summed E-state index contributed by atoms with van der Waals surface area (Å²) in [5.41, 5.74) is 0.251. The van der Waals surface area contributed by atoms with Crippen LogP contribution >= 0.6 is 15.9 Å². The van der Waals surface area contributed by atoms with Crippen LogP contribution in [0.4, 0.5) is 4.39 Å². The van der Waals surface area contributed by atoms with Crippen LogP contribution in [-0.4, -0.2) is 30.1 Å². The molecule has 4 rings (SSSR count). The van der Waals surface area contributed by atoms with E-state index >= 15 is 0 Å². The van der Waals surface area contributed by atoms with Gasteiger partial charge in [-0.15, -0.1) is 0 Å². The summed E-state index contributed by atoms with van der Waals surface area (Å²) in [6, 6.07) is 14.6. The van der Waals surface area contributed by atoms with Crippen LogP contribution in [-0.2, 0) is 0 Å². The number of halogens is 2. The van der Waals surface area contributed by atoms with Crippen molar-refractivity contribution in [3.63, 3.8) is 0 Å². The summed E-state index contributed by atoms with van der Waals surface area (Å²) in [5, 5.41) is 2.81. The number of rotatable bonds is 5. The smallest absolute Gasteiger partial charge is 0.256 e. The quantitative estimate of drug-likeness (QED) is 0.615. The summed E-state index contributed by atoms with van der Waals surface area (Å²) < 4.78 is 30.9. The first-order valence-electron chi connectivity index (χ1n) is 8.85. The third-order valence-corrected chi connectivity index (χ3v) is 4.79. The fraction of sp³-hybridized carbons (Fsp3) is 0.143. The van der Waals surface area contributed by atoms with E-state index in [1.807, 2.05) is 24.3 Å². The van der Waals surface area contributed by atoms with Crippen LogP contribution < -0.4 is 19.5 Å². The highest BCUT2D eigenvalue weighted by molar-refractivity contribution is 9.10. The Morgan fingerprint density at radius 2 is 2.03 bits per heavy atom. The first-order valence-corrected chi connectivity index (χ1v) is 9.64. The number of para-hydroxylation sites is 2. The van der Waals surface area contributed by atoms with E-state index in [-0.39, 0.29) is 30.0 Å². The maximum atomic E-state index is 13.3. The third kappa shape index (κ3) is 4.48. The van der Waals surface area contributed by atoms with Gasteiger partial charge in [0.05, 0.1) is 11.0 Å². The molecular formula is C21H16BrFN2O4. The van der Waals surface area contributed by atoms with E-state index in [9.17, 15) is 9.18 Å². The molecule has 1 atom stereocenters. The first-order chi connectivity index (χ1) is 14.1. The topological polar surface area (TPSA) is 69.7 Å². The minimum atomic E-state index is -0.403. The predicted octanol–water partition coefficient (Wildman–Crippen LogP) is 4.35. The van der Waals surface area contributed by atoms with Crippen LogP contribution in [0.15, 0.2) is 65.3 Å². The molecule has 1 aliphatic rings. The zero-order valence-corrected chi connectivity index (χ0v) is 16.7. The number of ether oxygens (including phenoxy) is 3. The number of benzene rings is 2. The molecule has 1 amide bonds. The van der Waals surface area contributed by atoms with Crippen molar-refractivity contribution in [1.29, 1.82) is 0 Å². The maximum absolute atomic E-state index is 13.3. The van der Waals surface area contributed by atoms with Gasteiger partial charge in [-0.1, -0.05) is 12.1 Å².